The van der Waals surface area contributed by atoms with Crippen LogP contribution in [-0.4, -0.2) is 40.7 Å². The Bertz CT molecular complexity index is 1320. The number of imide groups is 1. The van der Waals surface area contributed by atoms with Crippen LogP contribution in [0.4, 0.5) is 5.69 Å². The molecule has 8 nitrogen and oxygen atoms in total. The number of fused-ring (bicyclic) bond motifs is 1. The van der Waals surface area contributed by atoms with Gasteiger partial charge in [0.2, 0.25) is 0 Å². The van der Waals surface area contributed by atoms with Gasteiger partial charge in [0.15, 0.2) is 5.03 Å². The SMILES string of the molecule is CC(C)N1C(=O)c2ccc(N(Cc3ccc(Cl)cc3)S(=O)(=O)c3cn(C)cn3)cc2C1=O. The summed E-state index contributed by atoms with van der Waals surface area (Å²) < 4.78 is 29.7. The molecule has 2 amide bonds. The lowest BCUT2D eigenvalue weighted by atomic mass is 10.1. The van der Waals surface area contributed by atoms with Gasteiger partial charge in [0.05, 0.1) is 29.7 Å². The van der Waals surface area contributed by atoms with Crippen LogP contribution in [0.2, 0.25) is 5.02 Å². The highest BCUT2D eigenvalue weighted by Gasteiger charge is 2.38. The summed E-state index contributed by atoms with van der Waals surface area (Å²) in [5, 5.41) is 0.406. The molecular formula is C22H21ClN4O4S. The van der Waals surface area contributed by atoms with Crippen LogP contribution in [0.5, 0.6) is 0 Å². The second-order valence-corrected chi connectivity index (χ2v) is 10.1. The number of aryl methyl sites for hydroxylation is 1. The predicted molar refractivity (Wildman–Crippen MR) is 120 cm³/mol. The number of hydrogen-bond acceptors (Lipinski definition) is 5. The maximum absolute atomic E-state index is 13.5. The second-order valence-electron chi connectivity index (χ2n) is 7.82. The first-order chi connectivity index (χ1) is 15.1. The van der Waals surface area contributed by atoms with Crippen molar-refractivity contribution in [3.8, 4) is 0 Å². The van der Waals surface area contributed by atoms with Crippen LogP contribution < -0.4 is 4.31 Å². The molecule has 3 aromatic rings. The van der Waals surface area contributed by atoms with Gasteiger partial charge in [-0.1, -0.05) is 23.7 Å². The summed E-state index contributed by atoms with van der Waals surface area (Å²) in [4.78, 5) is 30.6. The standard InChI is InChI=1S/C22H21ClN4O4S/c1-14(2)27-21(28)18-9-8-17(10-19(18)22(27)29)26(11-15-4-6-16(23)7-5-15)32(30,31)20-12-25(3)13-24-20/h4-10,12-14H,11H2,1-3H3. The highest BCUT2D eigenvalue weighted by atomic mass is 35.5. The fourth-order valence-electron chi connectivity index (χ4n) is 3.58. The minimum Gasteiger partial charge on any atom is -0.339 e. The molecule has 0 bridgehead atoms. The number of hydrogen-bond donors (Lipinski definition) is 0. The lowest BCUT2D eigenvalue weighted by Crippen LogP contribution is -2.35. The second kappa shape index (κ2) is 8.07. The molecule has 0 radical (unpaired) electrons. The van der Waals surface area contributed by atoms with Crippen LogP contribution in [0.15, 0.2) is 60.0 Å². The third kappa shape index (κ3) is 3.78. The summed E-state index contributed by atoms with van der Waals surface area (Å²) in [7, 11) is -2.39. The Morgan fingerprint density at radius 3 is 2.28 bits per heavy atom. The van der Waals surface area contributed by atoms with E-state index in [1.54, 1.807) is 49.7 Å². The minimum absolute atomic E-state index is 0.00903. The van der Waals surface area contributed by atoms with E-state index in [1.165, 1.54) is 39.9 Å². The van der Waals surface area contributed by atoms with Crippen LogP contribution in [0.3, 0.4) is 0 Å². The van der Waals surface area contributed by atoms with Crippen LogP contribution in [-0.2, 0) is 23.6 Å². The monoisotopic (exact) mass is 472 g/mol. The van der Waals surface area contributed by atoms with Gasteiger partial charge in [-0.2, -0.15) is 8.42 Å². The molecule has 4 rings (SSSR count). The van der Waals surface area contributed by atoms with Gasteiger partial charge in [-0.25, -0.2) is 4.98 Å². The number of halogens is 1. The smallest absolute Gasteiger partial charge is 0.283 e. The zero-order valence-electron chi connectivity index (χ0n) is 17.7. The number of carbonyl (C=O) groups excluding carboxylic acids is 2. The lowest BCUT2D eigenvalue weighted by Gasteiger charge is -2.24. The Morgan fingerprint density at radius 1 is 1.03 bits per heavy atom. The molecule has 0 aliphatic carbocycles. The first-order valence-electron chi connectivity index (χ1n) is 9.86. The number of benzene rings is 2. The molecule has 10 heteroatoms. The van der Waals surface area contributed by atoms with Gasteiger partial charge in [-0.3, -0.25) is 18.8 Å². The number of carbonyl (C=O) groups is 2. The molecule has 1 aliphatic rings. The Kier molecular flexibility index (Phi) is 5.56. The zero-order valence-corrected chi connectivity index (χ0v) is 19.3. The zero-order chi connectivity index (χ0) is 23.2. The number of aromatic nitrogens is 2. The van der Waals surface area contributed by atoms with Crippen molar-refractivity contribution in [1.29, 1.82) is 0 Å². The molecule has 1 aliphatic heterocycles. The fraction of sp³-hybridized carbons (Fsp3) is 0.227. The van der Waals surface area contributed by atoms with E-state index in [0.29, 0.717) is 10.6 Å². The molecule has 32 heavy (non-hydrogen) atoms. The van der Waals surface area contributed by atoms with E-state index in [1.807, 2.05) is 0 Å². The molecule has 0 saturated heterocycles. The Hall–Kier alpha value is -3.17. The first kappa shape index (κ1) is 22.0. The number of nitrogens with zero attached hydrogens (tertiary/aromatic N) is 4. The Balaban J connectivity index is 1.82. The van der Waals surface area contributed by atoms with Gasteiger partial charge in [-0.05, 0) is 49.7 Å². The average Bonchev–Trinajstić information content (AvgIpc) is 3.29. The average molecular weight is 473 g/mol. The summed E-state index contributed by atoms with van der Waals surface area (Å²) >= 11 is 5.97. The normalized spacial score (nSPS) is 13.7. The van der Waals surface area contributed by atoms with E-state index in [2.05, 4.69) is 4.98 Å². The number of imidazole rings is 1. The van der Waals surface area contributed by atoms with E-state index in [0.717, 1.165) is 0 Å². The van der Waals surface area contributed by atoms with E-state index in [-0.39, 0.29) is 40.3 Å². The molecule has 0 fully saturated rings. The van der Waals surface area contributed by atoms with Gasteiger partial charge in [0.25, 0.3) is 21.8 Å². The molecule has 0 spiro atoms. The highest BCUT2D eigenvalue weighted by Crippen LogP contribution is 2.32. The van der Waals surface area contributed by atoms with Crippen molar-refractivity contribution in [2.75, 3.05) is 4.31 Å². The molecule has 0 saturated carbocycles. The van der Waals surface area contributed by atoms with Gasteiger partial charge < -0.3 is 4.57 Å². The third-order valence-corrected chi connectivity index (χ3v) is 7.09. The molecule has 2 heterocycles. The minimum atomic E-state index is -4.06. The third-order valence-electron chi connectivity index (χ3n) is 5.18. The van der Waals surface area contributed by atoms with Crippen molar-refractivity contribution in [2.24, 2.45) is 7.05 Å². The summed E-state index contributed by atoms with van der Waals surface area (Å²) in [5.74, 6) is -0.827. The van der Waals surface area contributed by atoms with E-state index < -0.39 is 15.9 Å². The molecule has 2 aromatic carbocycles. The number of anilines is 1. The maximum Gasteiger partial charge on any atom is 0.283 e. The van der Waals surface area contributed by atoms with Crippen molar-refractivity contribution in [3.05, 3.63) is 76.7 Å². The number of rotatable bonds is 6. The summed E-state index contributed by atoms with van der Waals surface area (Å²) in [6.45, 7) is 3.49. The van der Waals surface area contributed by atoms with Crippen LogP contribution >= 0.6 is 11.6 Å². The lowest BCUT2D eigenvalue weighted by molar-refractivity contribution is 0.0609. The Morgan fingerprint density at radius 2 is 1.69 bits per heavy atom. The summed E-state index contributed by atoms with van der Waals surface area (Å²) in [6, 6.07) is 11.0. The van der Waals surface area contributed by atoms with Crippen LogP contribution in [0.1, 0.15) is 40.1 Å². The summed E-state index contributed by atoms with van der Waals surface area (Å²) in [6.07, 6.45) is 2.81. The Labute approximate surface area is 191 Å². The van der Waals surface area contributed by atoms with Crippen molar-refractivity contribution in [1.82, 2.24) is 14.5 Å². The fourth-order valence-corrected chi connectivity index (χ4v) is 5.12. The van der Waals surface area contributed by atoms with Crippen LogP contribution in [0.25, 0.3) is 0 Å². The van der Waals surface area contributed by atoms with Crippen molar-refractivity contribution in [2.45, 2.75) is 31.5 Å². The van der Waals surface area contributed by atoms with E-state index >= 15 is 0 Å². The number of amides is 2. The van der Waals surface area contributed by atoms with Crippen molar-refractivity contribution in [3.63, 3.8) is 0 Å². The van der Waals surface area contributed by atoms with Gasteiger partial charge in [0, 0.05) is 24.3 Å². The molecule has 0 atom stereocenters. The van der Waals surface area contributed by atoms with Crippen molar-refractivity contribution >= 4 is 39.1 Å². The highest BCUT2D eigenvalue weighted by molar-refractivity contribution is 7.92. The van der Waals surface area contributed by atoms with Crippen molar-refractivity contribution < 1.29 is 18.0 Å². The van der Waals surface area contributed by atoms with E-state index in [4.69, 9.17) is 11.6 Å². The first-order valence-corrected chi connectivity index (χ1v) is 11.7. The molecule has 0 N–H and O–H groups in total. The summed E-state index contributed by atoms with van der Waals surface area (Å²) in [5.41, 5.74) is 1.39. The molecule has 0 unspecified atom stereocenters. The largest absolute Gasteiger partial charge is 0.339 e. The van der Waals surface area contributed by atoms with Gasteiger partial charge >= 0.3 is 0 Å². The molecule has 166 valence electrons. The van der Waals surface area contributed by atoms with Crippen LogP contribution in [0, 0.1) is 0 Å². The predicted octanol–water partition coefficient (Wildman–Crippen LogP) is 3.47. The molecular weight excluding hydrogens is 452 g/mol. The van der Waals surface area contributed by atoms with Gasteiger partial charge in [-0.15, -0.1) is 0 Å². The topological polar surface area (TPSA) is 92.6 Å². The molecule has 1 aromatic heterocycles. The van der Waals surface area contributed by atoms with E-state index in [9.17, 15) is 18.0 Å². The van der Waals surface area contributed by atoms with Gasteiger partial charge in [0.1, 0.15) is 0 Å². The quantitative estimate of drug-likeness (QED) is 0.512. The maximum atomic E-state index is 13.5. The number of sulfonamides is 1.